The van der Waals surface area contributed by atoms with Crippen LogP contribution in [0.4, 0.5) is 0 Å². The van der Waals surface area contributed by atoms with E-state index in [0.29, 0.717) is 6.61 Å². The molecule has 1 fully saturated rings. The highest BCUT2D eigenvalue weighted by molar-refractivity contribution is 5.84. The molecular formula is C9H17NO. The van der Waals surface area contributed by atoms with Gasteiger partial charge in [0.2, 0.25) is 0 Å². The lowest BCUT2D eigenvalue weighted by atomic mass is 9.89. The van der Waals surface area contributed by atoms with Crippen LogP contribution < -0.4 is 0 Å². The number of oxime groups is 1. The Morgan fingerprint density at radius 2 is 2.45 bits per heavy atom. The first kappa shape index (κ1) is 8.57. The highest BCUT2D eigenvalue weighted by Crippen LogP contribution is 2.21. The van der Waals surface area contributed by atoms with E-state index in [9.17, 15) is 0 Å². The Bertz CT molecular complexity index is 142. The van der Waals surface area contributed by atoms with Crippen molar-refractivity contribution in [2.24, 2.45) is 11.1 Å². The van der Waals surface area contributed by atoms with Gasteiger partial charge in [-0.3, -0.25) is 0 Å². The predicted molar refractivity (Wildman–Crippen MR) is 46.7 cm³/mol. The highest BCUT2D eigenvalue weighted by Gasteiger charge is 2.13. The summed E-state index contributed by atoms with van der Waals surface area (Å²) < 4.78 is 0. The monoisotopic (exact) mass is 155 g/mol. The van der Waals surface area contributed by atoms with Crippen molar-refractivity contribution in [1.82, 2.24) is 0 Å². The average molecular weight is 155 g/mol. The van der Waals surface area contributed by atoms with Crippen LogP contribution in [0.2, 0.25) is 0 Å². The number of nitrogens with zero attached hydrogens (tertiary/aromatic N) is 1. The quantitative estimate of drug-likeness (QED) is 0.562. The molecule has 0 aromatic heterocycles. The lowest BCUT2D eigenvalue weighted by Crippen LogP contribution is -2.12. The van der Waals surface area contributed by atoms with Crippen molar-refractivity contribution in [3.63, 3.8) is 0 Å². The first-order valence-corrected chi connectivity index (χ1v) is 4.50. The van der Waals surface area contributed by atoms with Crippen LogP contribution in [0.15, 0.2) is 5.16 Å². The van der Waals surface area contributed by atoms with E-state index in [1.165, 1.54) is 18.6 Å². The molecule has 64 valence electrons. The van der Waals surface area contributed by atoms with Crippen LogP contribution in [0.25, 0.3) is 0 Å². The molecule has 1 aliphatic carbocycles. The minimum Gasteiger partial charge on any atom is -0.396 e. The van der Waals surface area contributed by atoms with E-state index in [1.54, 1.807) is 0 Å². The summed E-state index contributed by atoms with van der Waals surface area (Å²) in [4.78, 5) is 5.01. The fourth-order valence-electron chi connectivity index (χ4n) is 1.50. The second-order valence-electron chi connectivity index (χ2n) is 3.28. The van der Waals surface area contributed by atoms with E-state index >= 15 is 0 Å². The summed E-state index contributed by atoms with van der Waals surface area (Å²) in [7, 11) is 0. The zero-order chi connectivity index (χ0) is 8.10. The van der Waals surface area contributed by atoms with Crippen molar-refractivity contribution in [2.75, 3.05) is 6.61 Å². The summed E-state index contributed by atoms with van der Waals surface area (Å²) in [5, 5.41) is 4.07. The fourth-order valence-corrected chi connectivity index (χ4v) is 1.50. The van der Waals surface area contributed by atoms with Crippen LogP contribution in [-0.2, 0) is 4.84 Å². The highest BCUT2D eigenvalue weighted by atomic mass is 16.6. The van der Waals surface area contributed by atoms with Crippen molar-refractivity contribution >= 4 is 5.71 Å². The van der Waals surface area contributed by atoms with Crippen molar-refractivity contribution in [3.05, 3.63) is 0 Å². The Hall–Kier alpha value is -0.530. The first-order chi connectivity index (χ1) is 5.33. The number of rotatable bonds is 2. The average Bonchev–Trinajstić information content (AvgIpc) is 2.01. The van der Waals surface area contributed by atoms with Gasteiger partial charge in [-0.15, -0.1) is 0 Å². The normalized spacial score (nSPS) is 28.9. The van der Waals surface area contributed by atoms with E-state index < -0.39 is 0 Å². The van der Waals surface area contributed by atoms with E-state index in [4.69, 9.17) is 4.84 Å². The van der Waals surface area contributed by atoms with E-state index in [0.717, 1.165) is 18.8 Å². The van der Waals surface area contributed by atoms with Gasteiger partial charge in [-0.05, 0) is 38.5 Å². The van der Waals surface area contributed by atoms with Gasteiger partial charge in [-0.2, -0.15) is 0 Å². The Kier molecular flexibility index (Phi) is 3.40. The smallest absolute Gasteiger partial charge is 0.114 e. The molecule has 1 aliphatic rings. The molecule has 2 heteroatoms. The molecule has 1 rings (SSSR count). The molecular weight excluding hydrogens is 138 g/mol. The van der Waals surface area contributed by atoms with Gasteiger partial charge in [0.1, 0.15) is 6.61 Å². The topological polar surface area (TPSA) is 21.6 Å². The predicted octanol–water partition coefficient (Wildman–Crippen LogP) is 2.59. The molecule has 11 heavy (non-hydrogen) atoms. The van der Waals surface area contributed by atoms with Crippen LogP contribution in [0.5, 0.6) is 0 Å². The lowest BCUT2D eigenvalue weighted by molar-refractivity contribution is 0.156. The Labute approximate surface area is 68.6 Å². The van der Waals surface area contributed by atoms with Gasteiger partial charge < -0.3 is 4.84 Å². The van der Waals surface area contributed by atoms with Gasteiger partial charge in [0.15, 0.2) is 0 Å². The van der Waals surface area contributed by atoms with Crippen molar-refractivity contribution in [2.45, 2.75) is 39.5 Å². The largest absolute Gasteiger partial charge is 0.396 e. The van der Waals surface area contributed by atoms with Crippen LogP contribution >= 0.6 is 0 Å². The van der Waals surface area contributed by atoms with Crippen molar-refractivity contribution in [1.29, 1.82) is 0 Å². The fraction of sp³-hybridized carbons (Fsp3) is 0.889. The minimum absolute atomic E-state index is 0.692. The maximum absolute atomic E-state index is 5.01. The summed E-state index contributed by atoms with van der Waals surface area (Å²) in [5.74, 6) is 0.808. The zero-order valence-corrected chi connectivity index (χ0v) is 7.47. The first-order valence-electron chi connectivity index (χ1n) is 4.50. The molecule has 0 spiro atoms. The van der Waals surface area contributed by atoms with Gasteiger partial charge >= 0.3 is 0 Å². The Morgan fingerprint density at radius 3 is 3.09 bits per heavy atom. The number of hydrogen-bond donors (Lipinski definition) is 0. The maximum Gasteiger partial charge on any atom is 0.114 e. The van der Waals surface area contributed by atoms with Gasteiger partial charge in [-0.1, -0.05) is 12.1 Å². The molecule has 1 atom stereocenters. The molecule has 0 radical (unpaired) electrons. The van der Waals surface area contributed by atoms with E-state index in [1.807, 2.05) is 6.92 Å². The molecule has 0 aliphatic heterocycles. The SMILES string of the molecule is CCO/N=C1\CCCC(C)C1. The third kappa shape index (κ3) is 2.91. The summed E-state index contributed by atoms with van der Waals surface area (Å²) in [6.45, 7) is 4.94. The van der Waals surface area contributed by atoms with Crippen LogP contribution in [0, 0.1) is 5.92 Å². The van der Waals surface area contributed by atoms with E-state index in [2.05, 4.69) is 12.1 Å². The minimum atomic E-state index is 0.692. The molecule has 0 aromatic rings. The van der Waals surface area contributed by atoms with E-state index in [-0.39, 0.29) is 0 Å². The molecule has 2 nitrogen and oxygen atoms in total. The van der Waals surface area contributed by atoms with Crippen molar-refractivity contribution in [3.8, 4) is 0 Å². The lowest BCUT2D eigenvalue weighted by Gasteiger charge is -2.18. The standard InChI is InChI=1S/C9H17NO/c1-3-11-10-9-6-4-5-8(2)7-9/h8H,3-7H2,1-2H3/b10-9+. The second kappa shape index (κ2) is 4.37. The molecule has 0 N–H and O–H groups in total. The van der Waals surface area contributed by atoms with Gasteiger partial charge in [0.05, 0.1) is 5.71 Å². The molecule has 0 amide bonds. The summed E-state index contributed by atoms with van der Waals surface area (Å²) >= 11 is 0. The molecule has 0 heterocycles. The molecule has 0 bridgehead atoms. The zero-order valence-electron chi connectivity index (χ0n) is 7.47. The van der Waals surface area contributed by atoms with Crippen LogP contribution in [0.1, 0.15) is 39.5 Å². The Morgan fingerprint density at radius 1 is 1.64 bits per heavy atom. The Balaban J connectivity index is 2.32. The van der Waals surface area contributed by atoms with Crippen molar-refractivity contribution < 1.29 is 4.84 Å². The maximum atomic E-state index is 5.01. The summed E-state index contributed by atoms with van der Waals surface area (Å²) in [6, 6.07) is 0. The van der Waals surface area contributed by atoms with Crippen LogP contribution in [-0.4, -0.2) is 12.3 Å². The molecule has 0 aromatic carbocycles. The molecule has 0 saturated heterocycles. The third-order valence-corrected chi connectivity index (χ3v) is 2.07. The van der Waals surface area contributed by atoms with Gasteiger partial charge in [0.25, 0.3) is 0 Å². The van der Waals surface area contributed by atoms with Crippen LogP contribution in [0.3, 0.4) is 0 Å². The summed E-state index contributed by atoms with van der Waals surface area (Å²) in [5.41, 5.74) is 1.26. The summed E-state index contributed by atoms with van der Waals surface area (Å²) in [6.07, 6.45) is 4.92. The van der Waals surface area contributed by atoms with Gasteiger partial charge in [0, 0.05) is 0 Å². The van der Waals surface area contributed by atoms with Gasteiger partial charge in [-0.25, -0.2) is 0 Å². The second-order valence-corrected chi connectivity index (χ2v) is 3.28. The third-order valence-electron chi connectivity index (χ3n) is 2.07. The molecule has 1 saturated carbocycles. The molecule has 1 unspecified atom stereocenters. The number of hydrogen-bond acceptors (Lipinski definition) is 2.